The zero-order valence-electron chi connectivity index (χ0n) is 19.2. The van der Waals surface area contributed by atoms with Crippen molar-refractivity contribution in [2.45, 2.75) is 32.7 Å². The number of fused-ring (bicyclic) bond motifs is 1. The van der Waals surface area contributed by atoms with E-state index in [9.17, 15) is 4.79 Å². The molecule has 7 heteroatoms. The Hall–Kier alpha value is -4.31. The van der Waals surface area contributed by atoms with Crippen molar-refractivity contribution >= 4 is 28.6 Å². The third-order valence-corrected chi connectivity index (χ3v) is 6.21. The largest absolute Gasteiger partial charge is 0.382 e. The molecule has 1 amide bonds. The van der Waals surface area contributed by atoms with E-state index in [4.69, 9.17) is 10.7 Å². The van der Waals surface area contributed by atoms with Gasteiger partial charge in [-0.25, -0.2) is 9.97 Å². The summed E-state index contributed by atoms with van der Waals surface area (Å²) in [5.41, 5.74) is 11.9. The normalized spacial score (nSPS) is 15.2. The van der Waals surface area contributed by atoms with Crippen molar-refractivity contribution in [2.24, 2.45) is 0 Å². The van der Waals surface area contributed by atoms with Crippen molar-refractivity contribution in [3.05, 3.63) is 72.3 Å². The number of imidazole rings is 1. The highest BCUT2D eigenvalue weighted by atomic mass is 16.2. The average Bonchev–Trinajstić information content (AvgIpc) is 3.47. The lowest BCUT2D eigenvalue weighted by atomic mass is 10.1. The van der Waals surface area contributed by atoms with Crippen LogP contribution in [-0.2, 0) is 4.79 Å². The molecule has 1 saturated heterocycles. The van der Waals surface area contributed by atoms with Gasteiger partial charge in [-0.3, -0.25) is 9.20 Å². The van der Waals surface area contributed by atoms with E-state index in [-0.39, 0.29) is 11.9 Å². The predicted octanol–water partition coefficient (Wildman–Crippen LogP) is 4.72. The minimum Gasteiger partial charge on any atom is -0.382 e. The number of likely N-dealkylation sites (tertiary alicyclic amines) is 1. The number of hydrogen-bond acceptors (Lipinski definition) is 5. The third-order valence-electron chi connectivity index (χ3n) is 6.21. The second-order valence-corrected chi connectivity index (χ2v) is 8.40. The van der Waals surface area contributed by atoms with Gasteiger partial charge in [0.25, 0.3) is 5.91 Å². The fourth-order valence-electron chi connectivity index (χ4n) is 4.61. The van der Waals surface area contributed by atoms with Crippen LogP contribution in [-0.4, -0.2) is 31.7 Å². The van der Waals surface area contributed by atoms with Gasteiger partial charge in [0.1, 0.15) is 22.9 Å². The fourth-order valence-corrected chi connectivity index (χ4v) is 4.61. The first-order valence-electron chi connectivity index (χ1n) is 11.4. The van der Waals surface area contributed by atoms with Gasteiger partial charge >= 0.3 is 0 Å². The van der Waals surface area contributed by atoms with Gasteiger partial charge in [0.15, 0.2) is 0 Å². The molecule has 2 aromatic carbocycles. The second kappa shape index (κ2) is 8.91. The second-order valence-electron chi connectivity index (χ2n) is 8.40. The molecule has 7 nitrogen and oxygen atoms in total. The molecule has 0 aliphatic carbocycles. The monoisotopic (exact) mass is 450 g/mol. The molecule has 34 heavy (non-hydrogen) atoms. The number of benzene rings is 2. The molecule has 0 bridgehead atoms. The first kappa shape index (κ1) is 21.5. The summed E-state index contributed by atoms with van der Waals surface area (Å²) < 4.78 is 1.97. The van der Waals surface area contributed by atoms with Crippen molar-refractivity contribution < 1.29 is 4.79 Å². The molecule has 1 fully saturated rings. The zero-order chi connectivity index (χ0) is 23.7. The highest BCUT2D eigenvalue weighted by Crippen LogP contribution is 2.37. The molecule has 1 aliphatic rings. The van der Waals surface area contributed by atoms with E-state index in [0.717, 1.165) is 52.4 Å². The number of nitrogens with zero attached hydrogens (tertiary/aromatic N) is 4. The first-order chi connectivity index (χ1) is 16.6. The number of nitrogens with one attached hydrogen (secondary N) is 1. The molecular weight excluding hydrogens is 424 g/mol. The van der Waals surface area contributed by atoms with Crippen molar-refractivity contribution in [3.63, 3.8) is 0 Å². The number of aromatic nitrogens is 3. The summed E-state index contributed by atoms with van der Waals surface area (Å²) >= 11 is 0. The van der Waals surface area contributed by atoms with Gasteiger partial charge in [0.2, 0.25) is 0 Å². The van der Waals surface area contributed by atoms with Crippen LogP contribution < -0.4 is 11.1 Å². The van der Waals surface area contributed by atoms with Crippen molar-refractivity contribution in [1.82, 2.24) is 19.3 Å². The van der Waals surface area contributed by atoms with Gasteiger partial charge in [0.05, 0.1) is 6.04 Å². The minimum atomic E-state index is -0.169. The van der Waals surface area contributed by atoms with Crippen LogP contribution in [0.5, 0.6) is 0 Å². The quantitative estimate of drug-likeness (QED) is 0.439. The van der Waals surface area contributed by atoms with E-state index in [1.165, 1.54) is 0 Å². The molecule has 170 valence electrons. The molecule has 4 aromatic rings. The highest BCUT2D eigenvalue weighted by Gasteiger charge is 2.33. The van der Waals surface area contributed by atoms with Gasteiger partial charge in [-0.1, -0.05) is 30.2 Å². The summed E-state index contributed by atoms with van der Waals surface area (Å²) in [6.45, 7) is 4.41. The lowest BCUT2D eigenvalue weighted by molar-refractivity contribution is -0.126. The zero-order valence-corrected chi connectivity index (χ0v) is 19.2. The van der Waals surface area contributed by atoms with Crippen LogP contribution in [0.25, 0.3) is 16.8 Å². The lowest BCUT2D eigenvalue weighted by Gasteiger charge is -2.21. The number of carbonyl (C=O) groups is 1. The molecule has 0 spiro atoms. The number of carbonyl (C=O) groups excluding carboxylic acids is 1. The van der Waals surface area contributed by atoms with E-state index < -0.39 is 0 Å². The number of amides is 1. The Labute approximate surface area is 198 Å². The van der Waals surface area contributed by atoms with Crippen LogP contribution in [0.3, 0.4) is 0 Å². The van der Waals surface area contributed by atoms with Gasteiger partial charge in [-0.2, -0.15) is 0 Å². The molecule has 2 aromatic heterocycles. The third kappa shape index (κ3) is 3.84. The Morgan fingerprint density at radius 3 is 2.79 bits per heavy atom. The summed E-state index contributed by atoms with van der Waals surface area (Å²) in [6.07, 6.45) is 5.27. The number of hydrogen-bond donors (Lipinski definition) is 2. The Balaban J connectivity index is 1.58. The smallest absolute Gasteiger partial charge is 0.299 e. The topological polar surface area (TPSA) is 88.5 Å². The van der Waals surface area contributed by atoms with Gasteiger partial charge < -0.3 is 16.0 Å². The van der Waals surface area contributed by atoms with Gasteiger partial charge in [0, 0.05) is 35.9 Å². The minimum absolute atomic E-state index is 0.156. The van der Waals surface area contributed by atoms with Crippen LogP contribution in [0.15, 0.2) is 60.9 Å². The summed E-state index contributed by atoms with van der Waals surface area (Å²) in [6, 6.07) is 16.1. The van der Waals surface area contributed by atoms with Crippen LogP contribution in [0.4, 0.5) is 17.2 Å². The van der Waals surface area contributed by atoms with E-state index in [1.807, 2.05) is 51.9 Å². The predicted molar refractivity (Wildman–Crippen MR) is 134 cm³/mol. The van der Waals surface area contributed by atoms with E-state index in [1.54, 1.807) is 13.1 Å². The number of nitrogens with two attached hydrogens (primary N) is 1. The average molecular weight is 451 g/mol. The molecule has 1 atom stereocenters. The van der Waals surface area contributed by atoms with Crippen molar-refractivity contribution in [1.29, 1.82) is 0 Å². The first-order valence-corrected chi connectivity index (χ1v) is 11.4. The van der Waals surface area contributed by atoms with Crippen molar-refractivity contribution in [3.8, 4) is 23.1 Å². The van der Waals surface area contributed by atoms with E-state index in [2.05, 4.69) is 41.2 Å². The van der Waals surface area contributed by atoms with Gasteiger partial charge in [-0.15, -0.1) is 0 Å². The maximum atomic E-state index is 12.6. The van der Waals surface area contributed by atoms with Crippen LogP contribution in [0.1, 0.15) is 37.2 Å². The molecular formula is C27H26N6O. The molecule has 5 rings (SSSR count). The molecule has 1 aliphatic heterocycles. The molecule has 3 heterocycles. The summed E-state index contributed by atoms with van der Waals surface area (Å²) in [5, 5.41) is 3.46. The van der Waals surface area contributed by atoms with Gasteiger partial charge in [-0.05, 0) is 62.4 Å². The Kier molecular flexibility index (Phi) is 5.64. The standard InChI is InChI=1S/C27H26N6O/c1-3-8-23(34)32-15-7-11-22(32)27-31-24(25-26(28)29-14-16-33(25)27)19-12-13-21(18(2)17-19)30-20-9-5-4-6-10-20/h4-6,9-10,12-14,16-17,22,30H,7,11,15H2,1-2H3,(H2,28,29)/t22-/m0/s1. The lowest BCUT2D eigenvalue weighted by Crippen LogP contribution is -2.30. The highest BCUT2D eigenvalue weighted by molar-refractivity contribution is 5.94. The number of para-hydroxylation sites is 1. The number of nitrogen functional groups attached to an aromatic ring is 1. The van der Waals surface area contributed by atoms with Crippen LogP contribution in [0, 0.1) is 18.8 Å². The maximum absolute atomic E-state index is 12.6. The molecule has 0 radical (unpaired) electrons. The molecule has 3 N–H and O–H groups in total. The SMILES string of the molecule is CC#CC(=O)N1CCC[C@H]1c1nc(-c2ccc(Nc3ccccc3)c(C)c2)c2c(N)nccn12. The summed E-state index contributed by atoms with van der Waals surface area (Å²) in [7, 11) is 0. The number of rotatable bonds is 4. The summed E-state index contributed by atoms with van der Waals surface area (Å²) in [4.78, 5) is 23.8. The fraction of sp³-hybridized carbons (Fsp3) is 0.222. The number of aryl methyl sites for hydroxylation is 1. The van der Waals surface area contributed by atoms with E-state index >= 15 is 0 Å². The van der Waals surface area contributed by atoms with Crippen LogP contribution in [0.2, 0.25) is 0 Å². The van der Waals surface area contributed by atoms with Crippen LogP contribution >= 0.6 is 0 Å². The maximum Gasteiger partial charge on any atom is 0.299 e. The summed E-state index contributed by atoms with van der Waals surface area (Å²) in [5.74, 6) is 6.42. The Bertz CT molecular complexity index is 1430. The molecule has 0 saturated carbocycles. The Morgan fingerprint density at radius 1 is 1.21 bits per heavy atom. The molecule has 0 unspecified atom stereocenters. The van der Waals surface area contributed by atoms with Crippen molar-refractivity contribution in [2.75, 3.05) is 17.6 Å². The Morgan fingerprint density at radius 2 is 2.03 bits per heavy atom. The van der Waals surface area contributed by atoms with E-state index in [0.29, 0.717) is 12.4 Å². The number of anilines is 3.